The molecule has 1 rings (SSSR count). The summed E-state index contributed by atoms with van der Waals surface area (Å²) in [5.41, 5.74) is 1.71. The van der Waals surface area contributed by atoms with E-state index in [4.69, 9.17) is 11.6 Å². The van der Waals surface area contributed by atoms with Gasteiger partial charge in [0.25, 0.3) is 0 Å². The fraction of sp³-hybridized carbons (Fsp3) is 0.417. The smallest absolute Gasteiger partial charge is 0.145 e. The van der Waals surface area contributed by atoms with Gasteiger partial charge in [0.15, 0.2) is 0 Å². The molecule has 2 nitrogen and oxygen atoms in total. The molecule has 0 aromatic heterocycles. The number of hydrogen-bond acceptors (Lipinski definition) is 1. The van der Waals surface area contributed by atoms with Crippen LogP contribution < -0.4 is 0 Å². The molecule has 4 heteroatoms. The van der Waals surface area contributed by atoms with Gasteiger partial charge in [-0.2, -0.15) is 4.40 Å². The molecule has 1 aromatic rings. The topological polar surface area (TPSA) is 29.4 Å². The summed E-state index contributed by atoms with van der Waals surface area (Å²) in [5.74, 6) is 0. The van der Waals surface area contributed by atoms with Crippen LogP contribution in [0.15, 0.2) is 28.7 Å². The molecule has 0 aliphatic carbocycles. The monoisotopic (exact) mass is 257 g/mol. The second-order valence-electron chi connectivity index (χ2n) is 4.55. The standard InChI is InChI=1S/C12H16ClNOS/c1-9(14-16(15)12(2,3)4)10-5-7-11(13)8-6-10/h5-8H,1-4H3/b14-9+. The summed E-state index contributed by atoms with van der Waals surface area (Å²) >= 11 is 5.79. The first-order chi connectivity index (χ1) is 7.30. The van der Waals surface area contributed by atoms with Crippen LogP contribution in [-0.4, -0.2) is 14.7 Å². The first-order valence-corrected chi connectivity index (χ1v) is 6.52. The van der Waals surface area contributed by atoms with Crippen molar-refractivity contribution in [3.05, 3.63) is 34.9 Å². The first-order valence-electron chi connectivity index (χ1n) is 5.04. The molecule has 88 valence electrons. The Morgan fingerprint density at radius 1 is 1.25 bits per heavy atom. The Morgan fingerprint density at radius 3 is 2.19 bits per heavy atom. The highest BCUT2D eigenvalue weighted by Gasteiger charge is 2.19. The van der Waals surface area contributed by atoms with E-state index < -0.39 is 11.0 Å². The van der Waals surface area contributed by atoms with Gasteiger partial charge in [-0.3, -0.25) is 0 Å². The maximum atomic E-state index is 11.8. The Kier molecular flexibility index (Phi) is 4.28. The molecule has 1 unspecified atom stereocenters. The lowest BCUT2D eigenvalue weighted by molar-refractivity contribution is 0.650. The largest absolute Gasteiger partial charge is 0.234 e. The number of rotatable bonds is 2. The predicted octanol–water partition coefficient (Wildman–Crippen LogP) is 3.61. The molecule has 1 aromatic carbocycles. The normalized spacial score (nSPS) is 14.9. The minimum atomic E-state index is -1.22. The Hall–Kier alpha value is -0.670. The van der Waals surface area contributed by atoms with Crippen LogP contribution in [0.5, 0.6) is 0 Å². The summed E-state index contributed by atoms with van der Waals surface area (Å²) in [7, 11) is -1.22. The number of nitrogens with zero attached hydrogens (tertiary/aromatic N) is 1. The third kappa shape index (κ3) is 3.72. The van der Waals surface area contributed by atoms with Crippen molar-refractivity contribution >= 4 is 28.3 Å². The van der Waals surface area contributed by atoms with Crippen LogP contribution in [0, 0.1) is 0 Å². The van der Waals surface area contributed by atoms with E-state index in [1.165, 1.54) is 0 Å². The molecule has 0 bridgehead atoms. The van der Waals surface area contributed by atoms with Gasteiger partial charge in [-0.1, -0.05) is 23.7 Å². The lowest BCUT2D eigenvalue weighted by Crippen LogP contribution is -2.20. The summed E-state index contributed by atoms with van der Waals surface area (Å²) in [6.07, 6.45) is 0. The Labute approximate surface area is 104 Å². The van der Waals surface area contributed by atoms with Crippen LogP contribution in [0.3, 0.4) is 0 Å². The molecule has 0 N–H and O–H groups in total. The highest BCUT2D eigenvalue weighted by Crippen LogP contribution is 2.15. The van der Waals surface area contributed by atoms with Gasteiger partial charge in [-0.05, 0) is 45.4 Å². The second-order valence-corrected chi connectivity index (χ2v) is 6.89. The van der Waals surface area contributed by atoms with Crippen LogP contribution >= 0.6 is 11.6 Å². The van der Waals surface area contributed by atoms with E-state index in [1.54, 1.807) is 12.1 Å². The maximum absolute atomic E-state index is 11.8. The van der Waals surface area contributed by atoms with E-state index in [1.807, 2.05) is 39.8 Å². The van der Waals surface area contributed by atoms with Crippen molar-refractivity contribution in [2.45, 2.75) is 32.4 Å². The van der Waals surface area contributed by atoms with Crippen LogP contribution in [0.2, 0.25) is 5.02 Å². The number of hydrogen-bond donors (Lipinski definition) is 0. The van der Waals surface area contributed by atoms with Crippen molar-refractivity contribution in [3.8, 4) is 0 Å². The lowest BCUT2D eigenvalue weighted by Gasteiger charge is -2.14. The van der Waals surface area contributed by atoms with Crippen molar-refractivity contribution in [1.82, 2.24) is 0 Å². The molecule has 0 aliphatic heterocycles. The molecule has 0 heterocycles. The zero-order chi connectivity index (χ0) is 12.3. The lowest BCUT2D eigenvalue weighted by atomic mass is 10.1. The van der Waals surface area contributed by atoms with Crippen molar-refractivity contribution in [3.63, 3.8) is 0 Å². The third-order valence-corrected chi connectivity index (χ3v) is 3.75. The summed E-state index contributed by atoms with van der Waals surface area (Å²) in [6, 6.07) is 7.36. The van der Waals surface area contributed by atoms with Gasteiger partial charge >= 0.3 is 0 Å². The van der Waals surface area contributed by atoms with Crippen molar-refractivity contribution in [2.24, 2.45) is 4.40 Å². The highest BCUT2D eigenvalue weighted by atomic mass is 35.5. The molecule has 0 saturated heterocycles. The zero-order valence-electron chi connectivity index (χ0n) is 9.95. The summed E-state index contributed by atoms with van der Waals surface area (Å²) in [4.78, 5) is 0. The minimum Gasteiger partial charge on any atom is -0.234 e. The summed E-state index contributed by atoms with van der Waals surface area (Å²) in [6.45, 7) is 7.57. The molecule has 0 aliphatic rings. The van der Waals surface area contributed by atoms with Gasteiger partial charge in [0.1, 0.15) is 11.0 Å². The Balaban J connectivity index is 2.94. The molecule has 0 fully saturated rings. The highest BCUT2D eigenvalue weighted by molar-refractivity contribution is 7.85. The van der Waals surface area contributed by atoms with E-state index in [0.717, 1.165) is 11.3 Å². The number of halogens is 1. The van der Waals surface area contributed by atoms with E-state index in [-0.39, 0.29) is 4.75 Å². The quantitative estimate of drug-likeness (QED) is 0.745. The van der Waals surface area contributed by atoms with Crippen LogP contribution in [0.1, 0.15) is 33.3 Å². The molecule has 0 spiro atoms. The molecule has 1 atom stereocenters. The van der Waals surface area contributed by atoms with Gasteiger partial charge in [-0.15, -0.1) is 0 Å². The summed E-state index contributed by atoms with van der Waals surface area (Å²) in [5, 5.41) is 0.688. The average Bonchev–Trinajstić information content (AvgIpc) is 2.17. The minimum absolute atomic E-state index is 0.326. The van der Waals surface area contributed by atoms with Gasteiger partial charge in [0.05, 0.1) is 10.5 Å². The van der Waals surface area contributed by atoms with Gasteiger partial charge in [0, 0.05) is 5.02 Å². The Morgan fingerprint density at radius 2 is 1.75 bits per heavy atom. The second kappa shape index (κ2) is 5.11. The molecule has 0 saturated carbocycles. The van der Waals surface area contributed by atoms with Gasteiger partial charge < -0.3 is 0 Å². The summed E-state index contributed by atoms with van der Waals surface area (Å²) < 4.78 is 15.7. The van der Waals surface area contributed by atoms with Crippen molar-refractivity contribution < 1.29 is 4.21 Å². The van der Waals surface area contributed by atoms with Crippen LogP contribution in [0.25, 0.3) is 0 Å². The van der Waals surface area contributed by atoms with Gasteiger partial charge in [-0.25, -0.2) is 4.21 Å². The maximum Gasteiger partial charge on any atom is 0.145 e. The van der Waals surface area contributed by atoms with Crippen LogP contribution in [0.4, 0.5) is 0 Å². The van der Waals surface area contributed by atoms with E-state index in [2.05, 4.69) is 4.40 Å². The predicted molar refractivity (Wildman–Crippen MR) is 71.6 cm³/mol. The third-order valence-electron chi connectivity index (χ3n) is 2.01. The number of benzene rings is 1. The molecular formula is C12H16ClNOS. The SMILES string of the molecule is C/C(=N\S(=O)C(C)(C)C)c1ccc(Cl)cc1. The van der Waals surface area contributed by atoms with E-state index in [0.29, 0.717) is 5.02 Å². The first kappa shape index (κ1) is 13.4. The molecule has 0 radical (unpaired) electrons. The van der Waals surface area contributed by atoms with E-state index in [9.17, 15) is 4.21 Å². The van der Waals surface area contributed by atoms with Gasteiger partial charge in [0.2, 0.25) is 0 Å². The average molecular weight is 258 g/mol. The zero-order valence-corrected chi connectivity index (χ0v) is 11.5. The Bertz CT molecular complexity index is 418. The van der Waals surface area contributed by atoms with Crippen molar-refractivity contribution in [2.75, 3.05) is 0 Å². The molecule has 0 amide bonds. The van der Waals surface area contributed by atoms with Crippen molar-refractivity contribution in [1.29, 1.82) is 0 Å². The fourth-order valence-corrected chi connectivity index (χ4v) is 1.76. The van der Waals surface area contributed by atoms with E-state index >= 15 is 0 Å². The molecule has 16 heavy (non-hydrogen) atoms. The van der Waals surface area contributed by atoms with Crippen LogP contribution in [-0.2, 0) is 11.0 Å². The fourth-order valence-electron chi connectivity index (χ4n) is 1.01. The molecular weight excluding hydrogens is 242 g/mol.